The average molecular weight is 587 g/mol. The summed E-state index contributed by atoms with van der Waals surface area (Å²) in [4.78, 5) is 40.3. The van der Waals surface area contributed by atoms with Crippen molar-refractivity contribution in [2.24, 2.45) is 34.5 Å². The maximum absolute atomic E-state index is 14.3. The smallest absolute Gasteiger partial charge is 0.250 e. The summed E-state index contributed by atoms with van der Waals surface area (Å²) in [6.45, 7) is 8.04. The molecule has 3 amide bonds. The molecule has 0 bridgehead atoms. The minimum atomic E-state index is -0.683. The maximum atomic E-state index is 14.3. The fourth-order valence-electron chi connectivity index (χ4n) is 9.52. The van der Waals surface area contributed by atoms with E-state index in [1.54, 1.807) is 6.07 Å². The van der Waals surface area contributed by atoms with Gasteiger partial charge in [-0.15, -0.1) is 0 Å². The number of rotatable bonds is 4. The third kappa shape index (κ3) is 4.98. The molecule has 6 rings (SSSR count). The minimum Gasteiger partial charge on any atom is -0.508 e. The van der Waals surface area contributed by atoms with E-state index in [9.17, 15) is 24.6 Å². The molecular weight excluding hydrogens is 540 g/mol. The van der Waals surface area contributed by atoms with Crippen molar-refractivity contribution in [1.82, 2.24) is 5.32 Å². The zero-order valence-corrected chi connectivity index (χ0v) is 25.9. The fourth-order valence-corrected chi connectivity index (χ4v) is 9.52. The first kappa shape index (κ1) is 29.9. The second-order valence-electron chi connectivity index (χ2n) is 14.5. The number of aliphatic hydroxyl groups is 1. The number of aryl methyl sites for hydroxylation is 2. The molecule has 2 saturated carbocycles. The van der Waals surface area contributed by atoms with Gasteiger partial charge in [0.15, 0.2) is 0 Å². The number of imide groups is 1. The van der Waals surface area contributed by atoms with Crippen molar-refractivity contribution in [3.05, 3.63) is 58.7 Å². The summed E-state index contributed by atoms with van der Waals surface area (Å²) in [5.41, 5.74) is 4.16. The lowest BCUT2D eigenvalue weighted by atomic mass is 9.52. The maximum Gasteiger partial charge on any atom is 0.250 e. The van der Waals surface area contributed by atoms with Crippen molar-refractivity contribution in [2.75, 3.05) is 11.9 Å². The van der Waals surface area contributed by atoms with Gasteiger partial charge in [0.1, 0.15) is 12.4 Å². The molecule has 230 valence electrons. The van der Waals surface area contributed by atoms with Gasteiger partial charge in [-0.3, -0.25) is 19.7 Å². The predicted molar refractivity (Wildman–Crippen MR) is 166 cm³/mol. The number of nitrogens with one attached hydrogen (secondary N) is 2. The number of phenolic OH excluding ortho intramolecular Hbond substituents is 1. The third-order valence-corrected chi connectivity index (χ3v) is 12.1. The van der Waals surface area contributed by atoms with Crippen LogP contribution in [0, 0.1) is 34.5 Å². The normalized spacial score (nSPS) is 34.5. The van der Waals surface area contributed by atoms with Crippen molar-refractivity contribution in [2.45, 2.75) is 90.9 Å². The second-order valence-corrected chi connectivity index (χ2v) is 14.5. The molecule has 2 aromatic rings. The Morgan fingerprint density at radius 1 is 0.791 bits per heavy atom. The van der Waals surface area contributed by atoms with Crippen LogP contribution in [0.4, 0.5) is 5.69 Å². The lowest BCUT2D eigenvalue weighted by molar-refractivity contribution is -0.149. The molecule has 4 aliphatic rings. The molecule has 0 saturated heterocycles. The van der Waals surface area contributed by atoms with Gasteiger partial charge in [0, 0.05) is 5.69 Å². The number of carbonyl (C=O) groups is 3. The number of aliphatic hydroxyl groups excluding tert-OH is 1. The molecule has 43 heavy (non-hydrogen) atoms. The van der Waals surface area contributed by atoms with E-state index < -0.39 is 23.3 Å². The Kier molecular flexibility index (Phi) is 7.68. The van der Waals surface area contributed by atoms with E-state index in [0.717, 1.165) is 51.4 Å². The molecule has 0 heterocycles. The van der Waals surface area contributed by atoms with E-state index in [1.165, 1.54) is 22.3 Å². The Balaban J connectivity index is 1.25. The molecular formula is C36H46N2O5. The third-order valence-electron chi connectivity index (χ3n) is 12.1. The van der Waals surface area contributed by atoms with E-state index in [0.29, 0.717) is 17.5 Å². The van der Waals surface area contributed by atoms with Gasteiger partial charge in [-0.1, -0.05) is 39.8 Å². The van der Waals surface area contributed by atoms with Gasteiger partial charge in [0.25, 0.3) is 0 Å². The number of amides is 3. The van der Waals surface area contributed by atoms with Gasteiger partial charge in [0.05, 0.1) is 10.8 Å². The minimum absolute atomic E-state index is 0.0804. The van der Waals surface area contributed by atoms with E-state index in [-0.39, 0.29) is 41.2 Å². The molecule has 7 heteroatoms. The van der Waals surface area contributed by atoms with Crippen LogP contribution in [0.15, 0.2) is 36.4 Å². The number of hydrogen-bond acceptors (Lipinski definition) is 5. The lowest BCUT2D eigenvalue weighted by Crippen LogP contribution is -2.57. The highest BCUT2D eigenvalue weighted by molar-refractivity contribution is 6.00. The fraction of sp³-hybridized carbons (Fsp3) is 0.583. The summed E-state index contributed by atoms with van der Waals surface area (Å²) in [5, 5.41) is 25.3. The highest BCUT2D eigenvalue weighted by atomic mass is 16.3. The Morgan fingerprint density at radius 2 is 1.30 bits per heavy atom. The number of carbonyl (C=O) groups excluding carboxylic acids is 3. The molecule has 0 aliphatic heterocycles. The molecule has 0 spiro atoms. The number of anilines is 1. The zero-order valence-electron chi connectivity index (χ0n) is 25.9. The van der Waals surface area contributed by atoms with Crippen LogP contribution in [0.5, 0.6) is 5.75 Å². The Labute approximate surface area is 254 Å². The van der Waals surface area contributed by atoms with Crippen molar-refractivity contribution < 1.29 is 24.6 Å². The average Bonchev–Trinajstić information content (AvgIpc) is 2.99. The van der Waals surface area contributed by atoms with Crippen LogP contribution in [0.2, 0.25) is 0 Å². The number of fused-ring (bicyclic) bond motifs is 6. The van der Waals surface area contributed by atoms with E-state index in [4.69, 9.17) is 0 Å². The molecule has 8 atom stereocenters. The lowest BCUT2D eigenvalue weighted by Gasteiger charge is -2.52. The van der Waals surface area contributed by atoms with Crippen LogP contribution in [0.25, 0.3) is 0 Å². The van der Waals surface area contributed by atoms with Crippen molar-refractivity contribution in [3.8, 4) is 5.75 Å². The van der Waals surface area contributed by atoms with Crippen LogP contribution in [0.3, 0.4) is 0 Å². The standard InChI is InChI=1S/C36H46N2O5/c1-20-13-15-35(3,28-11-7-22-5-9-24(37-30(41)19-39)17-26(22)31(20)28)33(42)38-34(43)36(4)16-14-21(2)32-27-18-25(40)10-6-23(27)8-12-29(32)36/h5-6,9-10,17-18,20-21,28-29,31-32,39-40H,7-8,11-16,19H2,1-4H3,(H,37,41)(H,38,42,43)/t20-,21-,28+,29+,31+,32+,35-,36-/m0/s1. The van der Waals surface area contributed by atoms with Crippen LogP contribution in [-0.4, -0.2) is 34.5 Å². The molecule has 0 radical (unpaired) electrons. The first-order valence-corrected chi connectivity index (χ1v) is 16.2. The van der Waals surface area contributed by atoms with E-state index in [2.05, 4.69) is 44.4 Å². The molecule has 0 aromatic heterocycles. The summed E-state index contributed by atoms with van der Waals surface area (Å²) in [6, 6.07) is 11.6. The van der Waals surface area contributed by atoms with E-state index >= 15 is 0 Å². The van der Waals surface area contributed by atoms with Crippen molar-refractivity contribution in [1.29, 1.82) is 0 Å². The molecule has 0 unspecified atom stereocenters. The molecule has 4 aliphatic carbocycles. The zero-order chi connectivity index (χ0) is 30.7. The first-order valence-electron chi connectivity index (χ1n) is 16.2. The van der Waals surface area contributed by atoms with Crippen LogP contribution < -0.4 is 10.6 Å². The first-order chi connectivity index (χ1) is 20.5. The van der Waals surface area contributed by atoms with Gasteiger partial charge >= 0.3 is 0 Å². The molecule has 2 fully saturated rings. The van der Waals surface area contributed by atoms with Crippen molar-refractivity contribution in [3.63, 3.8) is 0 Å². The summed E-state index contributed by atoms with van der Waals surface area (Å²) in [5.74, 6) is 0.797. The van der Waals surface area contributed by atoms with Gasteiger partial charge in [-0.2, -0.15) is 0 Å². The number of phenols is 1. The number of benzene rings is 2. The van der Waals surface area contributed by atoms with Gasteiger partial charge in [0.2, 0.25) is 17.7 Å². The molecule has 2 aromatic carbocycles. The quantitative estimate of drug-likeness (QED) is 0.337. The predicted octanol–water partition coefficient (Wildman–Crippen LogP) is 5.83. The van der Waals surface area contributed by atoms with Crippen LogP contribution in [-0.2, 0) is 27.2 Å². The molecule has 7 nitrogen and oxygen atoms in total. The largest absolute Gasteiger partial charge is 0.508 e. The second kappa shape index (κ2) is 11.1. The Bertz CT molecular complexity index is 1450. The topological polar surface area (TPSA) is 116 Å². The highest BCUT2D eigenvalue weighted by Crippen LogP contribution is 2.58. The molecule has 4 N–H and O–H groups in total. The van der Waals surface area contributed by atoms with Gasteiger partial charge in [-0.05, 0) is 133 Å². The van der Waals surface area contributed by atoms with Crippen LogP contribution >= 0.6 is 0 Å². The highest BCUT2D eigenvalue weighted by Gasteiger charge is 2.55. The summed E-state index contributed by atoms with van der Waals surface area (Å²) in [6.07, 6.45) is 6.76. The number of hydrogen-bond donors (Lipinski definition) is 4. The SMILES string of the molecule is C[C@H]1CC[C@](C)(C(=O)NC(=O)[C@@]2(C)CC[C@H](C)[C@@H]3c4cc(NC(=O)CO)ccc4CC[C@H]32)[C@@H]2CCc3ccc(O)cc3[C@H]21. The Hall–Kier alpha value is -3.19. The summed E-state index contributed by atoms with van der Waals surface area (Å²) < 4.78 is 0. The van der Waals surface area contributed by atoms with Gasteiger partial charge in [-0.25, -0.2) is 0 Å². The number of aromatic hydroxyl groups is 1. The summed E-state index contributed by atoms with van der Waals surface area (Å²) in [7, 11) is 0. The monoisotopic (exact) mass is 586 g/mol. The Morgan fingerprint density at radius 3 is 1.84 bits per heavy atom. The van der Waals surface area contributed by atoms with Crippen molar-refractivity contribution >= 4 is 23.4 Å². The van der Waals surface area contributed by atoms with Crippen LogP contribution in [0.1, 0.15) is 100 Å². The van der Waals surface area contributed by atoms with E-state index in [1.807, 2.05) is 24.3 Å². The van der Waals surface area contributed by atoms with Gasteiger partial charge < -0.3 is 15.5 Å². The summed E-state index contributed by atoms with van der Waals surface area (Å²) >= 11 is 0.